The van der Waals surface area contributed by atoms with E-state index in [2.05, 4.69) is 31.8 Å². The van der Waals surface area contributed by atoms with Gasteiger partial charge in [-0.15, -0.1) is 18.2 Å². The Morgan fingerprint density at radius 2 is 1.83 bits per heavy atom. The summed E-state index contributed by atoms with van der Waals surface area (Å²) in [7, 11) is -3.85. The molecule has 5 nitrogen and oxygen atoms in total. The number of alkyl halides is 1. The van der Waals surface area contributed by atoms with Crippen molar-refractivity contribution in [1.82, 2.24) is 9.29 Å². The largest absolute Gasteiger partial charge is 0.351 e. The quantitative estimate of drug-likeness (QED) is 0.279. The van der Waals surface area contributed by atoms with E-state index in [1.165, 1.54) is 3.97 Å². The Labute approximate surface area is 211 Å². The third-order valence-corrected chi connectivity index (χ3v) is 10.4. The number of nitrogens with one attached hydrogen (secondary N) is 1. The summed E-state index contributed by atoms with van der Waals surface area (Å²) in [6.45, 7) is 12.2. The fraction of sp³-hybridized carbons (Fsp3) is 0.321. The van der Waals surface area contributed by atoms with E-state index in [0.29, 0.717) is 18.3 Å². The Bertz CT molecular complexity index is 1520. The van der Waals surface area contributed by atoms with Gasteiger partial charge in [0.2, 0.25) is 6.41 Å². The van der Waals surface area contributed by atoms with Crippen LogP contribution in [-0.4, -0.2) is 30.2 Å². The van der Waals surface area contributed by atoms with Crippen LogP contribution in [0, 0.1) is 12.3 Å². The second-order valence-corrected chi connectivity index (χ2v) is 12.7. The van der Waals surface area contributed by atoms with Crippen LogP contribution in [0.1, 0.15) is 43.9 Å². The van der Waals surface area contributed by atoms with Crippen molar-refractivity contribution in [3.8, 4) is 0 Å². The SMILES string of the molecule is C=C[C@@]1(C)[C@H](Cl)CC2=C(c3cn(S(=O)(=O)c4ccc(C)cc4)c4cccc(c34)C2(C)C)[C@H]1NC=O. The number of rotatable bonds is 5. The summed E-state index contributed by atoms with van der Waals surface area (Å²) in [5.41, 5.74) is 4.51. The number of allylic oxidation sites excluding steroid dienone is 1. The second kappa shape index (κ2) is 7.84. The molecule has 0 saturated carbocycles. The van der Waals surface area contributed by atoms with Crippen molar-refractivity contribution in [3.63, 3.8) is 0 Å². The molecule has 0 fully saturated rings. The third-order valence-electron chi connectivity index (χ3n) is 8.06. The fourth-order valence-electron chi connectivity index (χ4n) is 5.83. The molecule has 182 valence electrons. The van der Waals surface area contributed by atoms with Crippen LogP contribution < -0.4 is 5.32 Å². The molecule has 0 radical (unpaired) electrons. The average molecular weight is 509 g/mol. The lowest BCUT2D eigenvalue weighted by Gasteiger charge is -2.50. The molecule has 0 unspecified atom stereocenters. The van der Waals surface area contributed by atoms with Crippen LogP contribution in [0.25, 0.3) is 16.5 Å². The molecule has 3 aromatic rings. The Balaban J connectivity index is 1.86. The lowest BCUT2D eigenvalue weighted by atomic mass is 9.58. The van der Waals surface area contributed by atoms with Crippen molar-refractivity contribution in [2.24, 2.45) is 5.41 Å². The molecule has 1 heterocycles. The van der Waals surface area contributed by atoms with Crippen LogP contribution in [0.5, 0.6) is 0 Å². The molecule has 7 heteroatoms. The van der Waals surface area contributed by atoms with Crippen LogP contribution in [0.2, 0.25) is 0 Å². The number of hydrogen-bond acceptors (Lipinski definition) is 3. The maximum Gasteiger partial charge on any atom is 0.268 e. The third kappa shape index (κ3) is 3.19. The zero-order valence-corrected chi connectivity index (χ0v) is 21.9. The lowest BCUT2D eigenvalue weighted by Crippen LogP contribution is -2.52. The molecule has 5 rings (SSSR count). The number of carbonyl (C=O) groups excluding carboxylic acids is 1. The molecule has 2 aliphatic rings. The molecule has 0 bridgehead atoms. The highest BCUT2D eigenvalue weighted by atomic mass is 35.5. The smallest absolute Gasteiger partial charge is 0.268 e. The van der Waals surface area contributed by atoms with Gasteiger partial charge in [-0.2, -0.15) is 0 Å². The average Bonchev–Trinajstić information content (AvgIpc) is 3.22. The van der Waals surface area contributed by atoms with E-state index >= 15 is 0 Å². The van der Waals surface area contributed by atoms with Crippen molar-refractivity contribution in [1.29, 1.82) is 0 Å². The monoisotopic (exact) mass is 508 g/mol. The molecular formula is C28H29ClN2O3S. The zero-order valence-electron chi connectivity index (χ0n) is 20.3. The maximum absolute atomic E-state index is 13.8. The zero-order chi connectivity index (χ0) is 25.3. The Morgan fingerprint density at radius 3 is 2.46 bits per heavy atom. The Hall–Kier alpha value is -2.83. The molecule has 2 aromatic carbocycles. The van der Waals surface area contributed by atoms with Gasteiger partial charge < -0.3 is 5.32 Å². The number of amides is 1. The van der Waals surface area contributed by atoms with Gasteiger partial charge in [0.15, 0.2) is 0 Å². The summed E-state index contributed by atoms with van der Waals surface area (Å²) >= 11 is 6.94. The summed E-state index contributed by atoms with van der Waals surface area (Å²) in [6.07, 6.45) is 4.82. The molecular weight excluding hydrogens is 480 g/mol. The number of aryl methyl sites for hydroxylation is 1. The van der Waals surface area contributed by atoms with Crippen molar-refractivity contribution in [3.05, 3.63) is 83.6 Å². The molecule has 2 aliphatic carbocycles. The highest BCUT2D eigenvalue weighted by molar-refractivity contribution is 7.90. The molecule has 1 N–H and O–H groups in total. The van der Waals surface area contributed by atoms with E-state index in [1.807, 2.05) is 26.0 Å². The lowest BCUT2D eigenvalue weighted by molar-refractivity contribution is -0.110. The van der Waals surface area contributed by atoms with Gasteiger partial charge in [0, 0.05) is 33.4 Å². The molecule has 1 aromatic heterocycles. The molecule has 1 amide bonds. The first-order valence-corrected chi connectivity index (χ1v) is 13.5. The van der Waals surface area contributed by atoms with Crippen molar-refractivity contribution in [2.75, 3.05) is 0 Å². The molecule has 0 aliphatic heterocycles. The predicted octanol–water partition coefficient (Wildman–Crippen LogP) is 5.55. The summed E-state index contributed by atoms with van der Waals surface area (Å²) in [4.78, 5) is 12.0. The van der Waals surface area contributed by atoms with Gasteiger partial charge in [0.1, 0.15) is 0 Å². The first-order chi connectivity index (χ1) is 16.5. The number of carbonyl (C=O) groups is 1. The topological polar surface area (TPSA) is 68.2 Å². The van der Waals surface area contributed by atoms with Gasteiger partial charge in [-0.25, -0.2) is 12.4 Å². The Morgan fingerprint density at radius 1 is 1.14 bits per heavy atom. The van der Waals surface area contributed by atoms with Crippen molar-refractivity contribution >= 4 is 44.5 Å². The van der Waals surface area contributed by atoms with Crippen LogP contribution in [-0.2, 0) is 20.2 Å². The maximum atomic E-state index is 13.8. The summed E-state index contributed by atoms with van der Waals surface area (Å²) in [5, 5.41) is 3.61. The van der Waals surface area contributed by atoms with E-state index < -0.39 is 26.9 Å². The van der Waals surface area contributed by atoms with Gasteiger partial charge in [0.25, 0.3) is 10.0 Å². The first kappa shape index (κ1) is 23.9. The number of fused-ring (bicyclic) bond motifs is 1. The van der Waals surface area contributed by atoms with E-state index in [9.17, 15) is 13.2 Å². The normalized spacial score (nSPS) is 25.3. The second-order valence-electron chi connectivity index (χ2n) is 10.3. The van der Waals surface area contributed by atoms with Gasteiger partial charge in [-0.05, 0) is 42.7 Å². The predicted molar refractivity (Wildman–Crippen MR) is 141 cm³/mol. The molecule has 0 spiro atoms. The van der Waals surface area contributed by atoms with Crippen molar-refractivity contribution in [2.45, 2.75) is 55.8 Å². The minimum absolute atomic E-state index is 0.229. The van der Waals surface area contributed by atoms with Crippen LogP contribution in [0.15, 0.2) is 71.8 Å². The molecule has 35 heavy (non-hydrogen) atoms. The minimum atomic E-state index is -3.85. The highest BCUT2D eigenvalue weighted by Gasteiger charge is 2.51. The number of hydrogen-bond donors (Lipinski definition) is 1. The number of halogens is 1. The molecule has 0 saturated heterocycles. The highest BCUT2D eigenvalue weighted by Crippen LogP contribution is 2.57. The standard InChI is InChI=1S/C28H29ClN2O3S/c1-6-28(5)23(29)14-21-25(26(28)30-16-32)19-15-31(35(33,34)18-12-10-17(2)11-13-18)22-9-7-8-20(24(19)22)27(21,3)4/h6-13,15-16,23,26H,1,14H2,2-5H3,(H,30,32)/t23-,26-,28+/m1/s1. The number of nitrogens with zero attached hydrogens (tertiary/aromatic N) is 1. The van der Waals surface area contributed by atoms with E-state index in [4.69, 9.17) is 11.6 Å². The minimum Gasteiger partial charge on any atom is -0.351 e. The van der Waals surface area contributed by atoms with Crippen molar-refractivity contribution < 1.29 is 13.2 Å². The number of benzene rings is 2. The Kier molecular flexibility index (Phi) is 5.35. The van der Waals surface area contributed by atoms with Gasteiger partial charge >= 0.3 is 0 Å². The first-order valence-electron chi connectivity index (χ1n) is 11.7. The fourth-order valence-corrected chi connectivity index (χ4v) is 7.56. The molecule has 3 atom stereocenters. The van der Waals surface area contributed by atoms with Gasteiger partial charge in [0.05, 0.1) is 16.5 Å². The summed E-state index contributed by atoms with van der Waals surface area (Å²) < 4.78 is 29.0. The van der Waals surface area contributed by atoms with Crippen LogP contribution in [0.4, 0.5) is 0 Å². The summed E-state index contributed by atoms with van der Waals surface area (Å²) in [6, 6.07) is 12.2. The van der Waals surface area contributed by atoms with Crippen LogP contribution in [0.3, 0.4) is 0 Å². The van der Waals surface area contributed by atoms with Gasteiger partial charge in [-0.3, -0.25) is 4.79 Å². The van der Waals surface area contributed by atoms with E-state index in [-0.39, 0.29) is 10.3 Å². The van der Waals surface area contributed by atoms with Gasteiger partial charge in [-0.1, -0.05) is 62.2 Å². The van der Waals surface area contributed by atoms with E-state index in [0.717, 1.165) is 33.2 Å². The summed E-state index contributed by atoms with van der Waals surface area (Å²) in [5.74, 6) is 0. The number of aromatic nitrogens is 1. The van der Waals surface area contributed by atoms with Crippen LogP contribution >= 0.6 is 11.6 Å². The van der Waals surface area contributed by atoms with E-state index in [1.54, 1.807) is 36.5 Å².